The maximum absolute atomic E-state index is 11.8. The zero-order valence-electron chi connectivity index (χ0n) is 11.3. The number of rotatable bonds is 3. The van der Waals surface area contributed by atoms with Gasteiger partial charge in [0.25, 0.3) is 0 Å². The predicted octanol–water partition coefficient (Wildman–Crippen LogP) is 3.80. The van der Waals surface area contributed by atoms with E-state index in [1.807, 2.05) is 0 Å². The number of hydrogen-bond acceptors (Lipinski definition) is 5. The molecule has 0 aliphatic rings. The van der Waals surface area contributed by atoms with Gasteiger partial charge in [0.1, 0.15) is 17.1 Å². The minimum absolute atomic E-state index is 0.00810. The van der Waals surface area contributed by atoms with Gasteiger partial charge in [-0.2, -0.15) is 5.10 Å². The van der Waals surface area contributed by atoms with Crippen LogP contribution in [0.2, 0.25) is 10.0 Å². The van der Waals surface area contributed by atoms with Crippen molar-refractivity contribution in [2.75, 3.05) is 5.43 Å². The van der Waals surface area contributed by atoms with Gasteiger partial charge in [-0.1, -0.05) is 29.3 Å². The van der Waals surface area contributed by atoms with Gasteiger partial charge in [-0.15, -0.1) is 0 Å². The van der Waals surface area contributed by atoms with Crippen LogP contribution < -0.4 is 11.1 Å². The molecule has 0 aliphatic heterocycles. The normalized spacial score (nSPS) is 11.5. The van der Waals surface area contributed by atoms with Gasteiger partial charge in [0, 0.05) is 6.07 Å². The molecule has 2 N–H and O–H groups in total. The number of nitrogens with one attached hydrogen (secondary N) is 1. The van der Waals surface area contributed by atoms with Gasteiger partial charge in [0.15, 0.2) is 0 Å². The van der Waals surface area contributed by atoms with Crippen molar-refractivity contribution < 1.29 is 9.52 Å². The van der Waals surface area contributed by atoms with Crippen LogP contribution in [0.5, 0.6) is 5.75 Å². The number of aryl methyl sites for hydroxylation is 1. The Morgan fingerprint density at radius 3 is 2.76 bits per heavy atom. The SMILES string of the molecule is CC(=NNc1cccc(Cl)c1Cl)c1c(O)cc(C)oc1=O. The van der Waals surface area contributed by atoms with Gasteiger partial charge in [-0.05, 0) is 26.0 Å². The Hall–Kier alpha value is -1.98. The van der Waals surface area contributed by atoms with Crippen LogP contribution in [-0.2, 0) is 0 Å². The zero-order valence-corrected chi connectivity index (χ0v) is 12.8. The average molecular weight is 327 g/mol. The molecule has 2 rings (SSSR count). The van der Waals surface area contributed by atoms with Gasteiger partial charge in [0.2, 0.25) is 0 Å². The number of aromatic hydroxyl groups is 1. The summed E-state index contributed by atoms with van der Waals surface area (Å²) in [4.78, 5) is 11.8. The minimum Gasteiger partial charge on any atom is -0.507 e. The van der Waals surface area contributed by atoms with Crippen LogP contribution in [0.3, 0.4) is 0 Å². The molecule has 7 heteroatoms. The lowest BCUT2D eigenvalue weighted by atomic mass is 10.2. The molecule has 21 heavy (non-hydrogen) atoms. The van der Waals surface area contributed by atoms with Crippen molar-refractivity contribution in [3.8, 4) is 5.75 Å². The van der Waals surface area contributed by atoms with Crippen LogP contribution in [-0.4, -0.2) is 10.8 Å². The van der Waals surface area contributed by atoms with Gasteiger partial charge in [-0.3, -0.25) is 5.43 Å². The van der Waals surface area contributed by atoms with E-state index < -0.39 is 5.63 Å². The number of hydrogen-bond donors (Lipinski definition) is 2. The number of benzene rings is 1. The fourth-order valence-corrected chi connectivity index (χ4v) is 2.06. The molecule has 0 unspecified atom stereocenters. The zero-order chi connectivity index (χ0) is 15.6. The Balaban J connectivity index is 2.35. The molecule has 2 aromatic rings. The molecule has 1 heterocycles. The topological polar surface area (TPSA) is 74.8 Å². The summed E-state index contributed by atoms with van der Waals surface area (Å²) in [5.74, 6) is 0.129. The number of anilines is 1. The van der Waals surface area contributed by atoms with Gasteiger partial charge < -0.3 is 9.52 Å². The standard InChI is InChI=1S/C14H12Cl2N2O3/c1-7-6-11(19)12(14(20)21-7)8(2)17-18-10-5-3-4-9(15)13(10)16/h3-6,18-19H,1-2H3. The van der Waals surface area contributed by atoms with Gasteiger partial charge >= 0.3 is 5.63 Å². The summed E-state index contributed by atoms with van der Waals surface area (Å²) in [6, 6.07) is 6.38. The van der Waals surface area contributed by atoms with E-state index in [0.29, 0.717) is 21.5 Å². The van der Waals surface area contributed by atoms with Crippen LogP contribution in [0.4, 0.5) is 5.69 Å². The second kappa shape index (κ2) is 6.20. The average Bonchev–Trinajstić information content (AvgIpc) is 2.39. The van der Waals surface area contributed by atoms with E-state index in [1.54, 1.807) is 32.0 Å². The first-order valence-electron chi connectivity index (χ1n) is 5.98. The van der Waals surface area contributed by atoms with Crippen molar-refractivity contribution in [1.82, 2.24) is 0 Å². The second-order valence-electron chi connectivity index (χ2n) is 4.32. The molecule has 0 saturated heterocycles. The number of halogens is 2. The lowest BCUT2D eigenvalue weighted by Crippen LogP contribution is -2.14. The summed E-state index contributed by atoms with van der Waals surface area (Å²) >= 11 is 11.9. The van der Waals surface area contributed by atoms with Crippen molar-refractivity contribution in [2.45, 2.75) is 13.8 Å². The highest BCUT2D eigenvalue weighted by Crippen LogP contribution is 2.29. The first-order valence-corrected chi connectivity index (χ1v) is 6.74. The first-order chi connectivity index (χ1) is 9.90. The molecule has 0 atom stereocenters. The van der Waals surface area contributed by atoms with Crippen LogP contribution in [0, 0.1) is 6.92 Å². The van der Waals surface area contributed by atoms with Crippen LogP contribution in [0.15, 0.2) is 38.6 Å². The smallest absolute Gasteiger partial charge is 0.348 e. The molecular formula is C14H12Cl2N2O3. The van der Waals surface area contributed by atoms with E-state index in [4.69, 9.17) is 27.6 Å². The maximum atomic E-state index is 11.8. The summed E-state index contributed by atoms with van der Waals surface area (Å²) in [5, 5.41) is 14.5. The maximum Gasteiger partial charge on any atom is 0.348 e. The Kier molecular flexibility index (Phi) is 4.55. The Labute approximate surface area is 130 Å². The van der Waals surface area contributed by atoms with Crippen molar-refractivity contribution >= 4 is 34.6 Å². The Morgan fingerprint density at radius 2 is 2.10 bits per heavy atom. The lowest BCUT2D eigenvalue weighted by molar-refractivity contribution is 0.432. The van der Waals surface area contributed by atoms with Crippen molar-refractivity contribution in [2.24, 2.45) is 5.10 Å². The molecule has 5 nitrogen and oxygen atoms in total. The summed E-state index contributed by atoms with van der Waals surface area (Å²) in [6.45, 7) is 3.13. The molecule has 1 aromatic carbocycles. The van der Waals surface area contributed by atoms with Crippen LogP contribution in [0.1, 0.15) is 18.2 Å². The van der Waals surface area contributed by atoms with E-state index in [1.165, 1.54) is 6.07 Å². The molecule has 0 bridgehead atoms. The Morgan fingerprint density at radius 1 is 1.38 bits per heavy atom. The third kappa shape index (κ3) is 3.37. The van der Waals surface area contributed by atoms with E-state index in [2.05, 4.69) is 10.5 Å². The molecule has 110 valence electrons. The molecule has 0 amide bonds. The molecule has 0 saturated carbocycles. The van der Waals surface area contributed by atoms with Gasteiger partial charge in [0.05, 0.1) is 21.4 Å². The minimum atomic E-state index is -0.659. The Bertz CT molecular complexity index is 769. The summed E-state index contributed by atoms with van der Waals surface area (Å²) in [5.41, 5.74) is 2.78. The summed E-state index contributed by atoms with van der Waals surface area (Å²) in [6.07, 6.45) is 0. The lowest BCUT2D eigenvalue weighted by Gasteiger charge is -2.07. The van der Waals surface area contributed by atoms with Crippen LogP contribution >= 0.6 is 23.2 Å². The molecule has 0 radical (unpaired) electrons. The molecule has 0 fully saturated rings. The van der Waals surface area contributed by atoms with E-state index in [9.17, 15) is 9.90 Å². The largest absolute Gasteiger partial charge is 0.507 e. The van der Waals surface area contributed by atoms with Gasteiger partial charge in [-0.25, -0.2) is 4.79 Å². The van der Waals surface area contributed by atoms with E-state index in [0.717, 1.165) is 0 Å². The van der Waals surface area contributed by atoms with Crippen molar-refractivity contribution in [3.63, 3.8) is 0 Å². The monoisotopic (exact) mass is 326 g/mol. The van der Waals surface area contributed by atoms with E-state index >= 15 is 0 Å². The summed E-state index contributed by atoms with van der Waals surface area (Å²) < 4.78 is 4.93. The molecule has 1 aromatic heterocycles. The highest BCUT2D eigenvalue weighted by atomic mass is 35.5. The number of nitrogens with zero attached hydrogens (tertiary/aromatic N) is 1. The molecule has 0 spiro atoms. The molecular weight excluding hydrogens is 315 g/mol. The highest BCUT2D eigenvalue weighted by Gasteiger charge is 2.13. The predicted molar refractivity (Wildman–Crippen MR) is 83.7 cm³/mol. The highest BCUT2D eigenvalue weighted by molar-refractivity contribution is 6.43. The fraction of sp³-hybridized carbons (Fsp3) is 0.143. The van der Waals surface area contributed by atoms with E-state index in [-0.39, 0.29) is 17.0 Å². The van der Waals surface area contributed by atoms with Crippen molar-refractivity contribution in [3.05, 3.63) is 56.1 Å². The fourth-order valence-electron chi connectivity index (χ4n) is 1.72. The van der Waals surface area contributed by atoms with Crippen LogP contribution in [0.25, 0.3) is 0 Å². The number of hydrazone groups is 1. The van der Waals surface area contributed by atoms with Crippen molar-refractivity contribution in [1.29, 1.82) is 0 Å². The quantitative estimate of drug-likeness (QED) is 0.664. The third-order valence-corrected chi connectivity index (χ3v) is 3.53. The third-order valence-electron chi connectivity index (χ3n) is 2.71. The first kappa shape index (κ1) is 15.4. The summed E-state index contributed by atoms with van der Waals surface area (Å²) in [7, 11) is 0. The molecule has 0 aliphatic carbocycles. The second-order valence-corrected chi connectivity index (χ2v) is 5.10.